The van der Waals surface area contributed by atoms with Crippen molar-refractivity contribution < 1.29 is 19.4 Å². The lowest BCUT2D eigenvalue weighted by Gasteiger charge is -2.36. The van der Waals surface area contributed by atoms with Crippen molar-refractivity contribution in [1.29, 1.82) is 0 Å². The summed E-state index contributed by atoms with van der Waals surface area (Å²) in [4.78, 5) is 16.4. The summed E-state index contributed by atoms with van der Waals surface area (Å²) in [5.41, 5.74) is 0. The second-order valence-electron chi connectivity index (χ2n) is 6.41. The van der Waals surface area contributed by atoms with Crippen LogP contribution in [-0.4, -0.2) is 79.0 Å². The number of nitrogens with zero attached hydrogens (tertiary/aromatic N) is 2. The molecule has 1 amide bonds. The molecule has 0 bridgehead atoms. The molecule has 2 aliphatic heterocycles. The zero-order valence-electron chi connectivity index (χ0n) is 14.0. The Morgan fingerprint density at radius 2 is 2.00 bits per heavy atom. The van der Waals surface area contributed by atoms with Crippen molar-refractivity contribution in [3.8, 4) is 5.75 Å². The molecule has 1 aromatic carbocycles. The fraction of sp³-hybridized carbons (Fsp3) is 0.611. The molecule has 1 aromatic rings. The first-order chi connectivity index (χ1) is 11.7. The standard InChI is InChI=1S/C18H26N2O4/c21-15(14-24-16-5-2-1-3-6-16)13-19-8-10-20(11-9-19)18(22)17-7-4-12-23-17/h1-3,5-6,15,17,21H,4,7-14H2/t15-,17+/m0/s1. The van der Waals surface area contributed by atoms with Crippen LogP contribution >= 0.6 is 0 Å². The molecule has 1 N–H and O–H groups in total. The molecule has 2 atom stereocenters. The largest absolute Gasteiger partial charge is 0.491 e. The summed E-state index contributed by atoms with van der Waals surface area (Å²) in [5.74, 6) is 0.892. The van der Waals surface area contributed by atoms with Crippen LogP contribution < -0.4 is 4.74 Å². The Morgan fingerprint density at radius 1 is 1.25 bits per heavy atom. The summed E-state index contributed by atoms with van der Waals surface area (Å²) < 4.78 is 11.1. The van der Waals surface area contributed by atoms with Crippen LogP contribution in [0.15, 0.2) is 30.3 Å². The molecule has 6 nitrogen and oxygen atoms in total. The molecule has 2 heterocycles. The first-order valence-corrected chi connectivity index (χ1v) is 8.71. The molecule has 0 aliphatic carbocycles. The third-order valence-corrected chi connectivity index (χ3v) is 4.54. The van der Waals surface area contributed by atoms with Gasteiger partial charge in [-0.2, -0.15) is 0 Å². The van der Waals surface area contributed by atoms with Crippen LogP contribution in [0.1, 0.15) is 12.8 Å². The van der Waals surface area contributed by atoms with Crippen molar-refractivity contribution >= 4 is 5.91 Å². The number of carbonyl (C=O) groups excluding carboxylic acids is 1. The van der Waals surface area contributed by atoms with E-state index in [9.17, 15) is 9.90 Å². The molecule has 0 aromatic heterocycles. The van der Waals surface area contributed by atoms with Gasteiger partial charge in [-0.25, -0.2) is 0 Å². The number of β-amino-alcohol motifs (C(OH)–C–C–N with tert-alkyl or cyclic N) is 1. The van der Waals surface area contributed by atoms with E-state index in [1.54, 1.807) is 0 Å². The zero-order valence-corrected chi connectivity index (χ0v) is 14.0. The van der Waals surface area contributed by atoms with Crippen LogP contribution in [-0.2, 0) is 9.53 Å². The minimum Gasteiger partial charge on any atom is -0.491 e. The van der Waals surface area contributed by atoms with E-state index in [1.165, 1.54) is 0 Å². The van der Waals surface area contributed by atoms with Crippen molar-refractivity contribution in [2.45, 2.75) is 25.0 Å². The molecule has 0 radical (unpaired) electrons. The number of ether oxygens (including phenoxy) is 2. The van der Waals surface area contributed by atoms with Crippen LogP contribution in [0.2, 0.25) is 0 Å². The fourth-order valence-corrected chi connectivity index (χ4v) is 3.19. The predicted molar refractivity (Wildman–Crippen MR) is 89.9 cm³/mol. The van der Waals surface area contributed by atoms with Crippen molar-refractivity contribution in [3.05, 3.63) is 30.3 Å². The van der Waals surface area contributed by atoms with Crippen molar-refractivity contribution in [2.24, 2.45) is 0 Å². The van der Waals surface area contributed by atoms with Crippen LogP contribution in [0.5, 0.6) is 5.75 Å². The van der Waals surface area contributed by atoms with E-state index >= 15 is 0 Å². The highest BCUT2D eigenvalue weighted by molar-refractivity contribution is 5.81. The van der Waals surface area contributed by atoms with Crippen LogP contribution in [0.25, 0.3) is 0 Å². The molecular formula is C18H26N2O4. The molecule has 0 saturated carbocycles. The lowest BCUT2D eigenvalue weighted by atomic mass is 10.2. The predicted octanol–water partition coefficient (Wildman–Crippen LogP) is 0.750. The fourth-order valence-electron chi connectivity index (χ4n) is 3.19. The van der Waals surface area contributed by atoms with Gasteiger partial charge in [0.2, 0.25) is 0 Å². The number of piperazine rings is 1. The number of benzene rings is 1. The zero-order chi connectivity index (χ0) is 16.8. The van der Waals surface area contributed by atoms with Gasteiger partial charge >= 0.3 is 0 Å². The van der Waals surface area contributed by atoms with Gasteiger partial charge in [-0.1, -0.05) is 18.2 Å². The maximum atomic E-state index is 12.3. The summed E-state index contributed by atoms with van der Waals surface area (Å²) in [6.45, 7) is 4.50. The Morgan fingerprint density at radius 3 is 2.67 bits per heavy atom. The molecule has 132 valence electrons. The second-order valence-corrected chi connectivity index (χ2v) is 6.41. The Labute approximate surface area is 143 Å². The number of carbonyl (C=O) groups is 1. The average Bonchev–Trinajstić information content (AvgIpc) is 3.16. The number of aliphatic hydroxyl groups excluding tert-OH is 1. The van der Waals surface area contributed by atoms with Gasteiger partial charge in [0, 0.05) is 39.3 Å². The van der Waals surface area contributed by atoms with E-state index in [4.69, 9.17) is 9.47 Å². The SMILES string of the molecule is O=C([C@H]1CCCO1)N1CCN(C[C@H](O)COc2ccccc2)CC1. The van der Waals surface area contributed by atoms with Crippen molar-refractivity contribution in [1.82, 2.24) is 9.80 Å². The number of amides is 1. The third-order valence-electron chi connectivity index (χ3n) is 4.54. The van der Waals surface area contributed by atoms with E-state index in [0.29, 0.717) is 26.2 Å². The van der Waals surface area contributed by atoms with Crippen molar-refractivity contribution in [2.75, 3.05) is 45.9 Å². The van der Waals surface area contributed by atoms with E-state index in [2.05, 4.69) is 4.90 Å². The maximum Gasteiger partial charge on any atom is 0.251 e. The minimum atomic E-state index is -0.536. The number of hydrogen-bond donors (Lipinski definition) is 1. The Hall–Kier alpha value is -1.63. The molecule has 2 saturated heterocycles. The monoisotopic (exact) mass is 334 g/mol. The summed E-state index contributed by atoms with van der Waals surface area (Å²) in [6.07, 6.45) is 1.05. The average molecular weight is 334 g/mol. The molecule has 0 unspecified atom stereocenters. The second kappa shape index (κ2) is 8.46. The Kier molecular flexibility index (Phi) is 6.07. The highest BCUT2D eigenvalue weighted by Crippen LogP contribution is 2.16. The number of aliphatic hydroxyl groups is 1. The van der Waals surface area contributed by atoms with Gasteiger partial charge in [-0.15, -0.1) is 0 Å². The van der Waals surface area contributed by atoms with Gasteiger partial charge in [-0.3, -0.25) is 9.69 Å². The van der Waals surface area contributed by atoms with E-state index in [-0.39, 0.29) is 18.6 Å². The summed E-state index contributed by atoms with van der Waals surface area (Å²) in [6, 6.07) is 9.50. The smallest absolute Gasteiger partial charge is 0.251 e. The van der Waals surface area contributed by atoms with Gasteiger partial charge in [0.15, 0.2) is 0 Å². The van der Waals surface area contributed by atoms with Gasteiger partial charge < -0.3 is 19.5 Å². The molecular weight excluding hydrogens is 308 g/mol. The van der Waals surface area contributed by atoms with Crippen molar-refractivity contribution in [3.63, 3.8) is 0 Å². The number of hydrogen-bond acceptors (Lipinski definition) is 5. The topological polar surface area (TPSA) is 62.2 Å². The van der Waals surface area contributed by atoms with Gasteiger partial charge in [0.05, 0.1) is 0 Å². The number of rotatable bonds is 6. The first kappa shape index (κ1) is 17.2. The van der Waals surface area contributed by atoms with E-state index in [0.717, 1.165) is 31.7 Å². The van der Waals surface area contributed by atoms with Gasteiger partial charge in [0.25, 0.3) is 5.91 Å². The molecule has 6 heteroatoms. The van der Waals surface area contributed by atoms with E-state index < -0.39 is 6.10 Å². The Balaban J connectivity index is 1.36. The molecule has 0 spiro atoms. The lowest BCUT2D eigenvalue weighted by Crippen LogP contribution is -2.53. The number of para-hydroxylation sites is 1. The normalized spacial score (nSPS) is 23.2. The third kappa shape index (κ3) is 4.69. The van der Waals surface area contributed by atoms with Gasteiger partial charge in [0.1, 0.15) is 24.6 Å². The van der Waals surface area contributed by atoms with Crippen LogP contribution in [0.3, 0.4) is 0 Å². The highest BCUT2D eigenvalue weighted by atomic mass is 16.5. The van der Waals surface area contributed by atoms with E-state index in [1.807, 2.05) is 35.2 Å². The lowest BCUT2D eigenvalue weighted by molar-refractivity contribution is -0.142. The summed E-state index contributed by atoms with van der Waals surface area (Å²) in [5, 5.41) is 10.1. The minimum absolute atomic E-state index is 0.125. The molecule has 2 fully saturated rings. The molecule has 24 heavy (non-hydrogen) atoms. The first-order valence-electron chi connectivity index (χ1n) is 8.71. The Bertz CT molecular complexity index is 511. The van der Waals surface area contributed by atoms with Crippen LogP contribution in [0.4, 0.5) is 0 Å². The summed E-state index contributed by atoms with van der Waals surface area (Å²) >= 11 is 0. The van der Waals surface area contributed by atoms with Crippen LogP contribution in [0, 0.1) is 0 Å². The molecule has 3 rings (SSSR count). The quantitative estimate of drug-likeness (QED) is 0.832. The molecule has 2 aliphatic rings. The highest BCUT2D eigenvalue weighted by Gasteiger charge is 2.30. The van der Waals surface area contributed by atoms with Gasteiger partial charge in [-0.05, 0) is 25.0 Å². The summed E-state index contributed by atoms with van der Waals surface area (Å²) in [7, 11) is 0. The maximum absolute atomic E-state index is 12.3.